The first-order valence-corrected chi connectivity index (χ1v) is 11.5. The number of nitrogens with zero attached hydrogens (tertiary/aromatic N) is 3. The van der Waals surface area contributed by atoms with Gasteiger partial charge in [0.05, 0.1) is 5.56 Å². The van der Waals surface area contributed by atoms with Crippen LogP contribution in [0.15, 0.2) is 29.2 Å². The van der Waals surface area contributed by atoms with Crippen molar-refractivity contribution in [1.29, 1.82) is 0 Å². The molecule has 5 rings (SSSR count). The van der Waals surface area contributed by atoms with Gasteiger partial charge in [-0.05, 0) is 37.3 Å². The fourth-order valence-corrected chi connectivity index (χ4v) is 5.22. The maximum atomic E-state index is 13.9. The molecule has 1 saturated carbocycles. The van der Waals surface area contributed by atoms with Crippen molar-refractivity contribution >= 4 is 11.7 Å². The lowest BCUT2D eigenvalue weighted by atomic mass is 9.85. The van der Waals surface area contributed by atoms with E-state index in [2.05, 4.69) is 0 Å². The van der Waals surface area contributed by atoms with Crippen LogP contribution in [0, 0.1) is 11.6 Å². The molecule has 1 aliphatic carbocycles. The van der Waals surface area contributed by atoms with Crippen molar-refractivity contribution in [2.75, 3.05) is 11.6 Å². The summed E-state index contributed by atoms with van der Waals surface area (Å²) in [4.78, 5) is 40.4. The minimum absolute atomic E-state index is 0.0954. The van der Waals surface area contributed by atoms with Crippen LogP contribution in [-0.4, -0.2) is 51.0 Å². The molecule has 2 fully saturated rings. The maximum absolute atomic E-state index is 13.9. The van der Waals surface area contributed by atoms with E-state index in [1.165, 1.54) is 21.8 Å². The number of amides is 1. The molecule has 1 aromatic carbocycles. The van der Waals surface area contributed by atoms with Gasteiger partial charge in [-0.25, -0.2) is 17.6 Å². The number of fused-ring (bicyclic) bond motifs is 3. The lowest BCUT2D eigenvalue weighted by molar-refractivity contribution is -0.126. The molecule has 3 aliphatic rings. The molecule has 2 aliphatic heterocycles. The van der Waals surface area contributed by atoms with E-state index in [0.717, 1.165) is 18.9 Å². The zero-order chi connectivity index (χ0) is 25.1. The van der Waals surface area contributed by atoms with E-state index in [1.807, 2.05) is 0 Å². The van der Waals surface area contributed by atoms with Gasteiger partial charge in [-0.15, -0.1) is 0 Å². The van der Waals surface area contributed by atoms with Gasteiger partial charge in [0.25, 0.3) is 11.8 Å². The Kier molecular flexibility index (Phi) is 5.60. The first-order chi connectivity index (χ1) is 16.6. The van der Waals surface area contributed by atoms with Gasteiger partial charge in [-0.3, -0.25) is 24.1 Å². The normalized spacial score (nSPS) is 21.4. The van der Waals surface area contributed by atoms with E-state index < -0.39 is 65.5 Å². The molecule has 0 unspecified atom stereocenters. The van der Waals surface area contributed by atoms with Crippen molar-refractivity contribution in [1.82, 2.24) is 9.58 Å². The number of ketones is 1. The van der Waals surface area contributed by atoms with E-state index >= 15 is 0 Å². The molecule has 1 aromatic heterocycles. The number of hydrogen-bond acceptors (Lipinski definition) is 5. The van der Waals surface area contributed by atoms with Gasteiger partial charge >= 0.3 is 0 Å². The number of carbonyl (C=O) groups is 2. The highest BCUT2D eigenvalue weighted by Crippen LogP contribution is 2.44. The number of piperidine rings is 1. The molecule has 3 heterocycles. The predicted octanol–water partition coefficient (Wildman–Crippen LogP) is 3.35. The van der Waals surface area contributed by atoms with Crippen molar-refractivity contribution in [2.45, 2.75) is 63.1 Å². The molecule has 0 bridgehead atoms. The second kappa shape index (κ2) is 8.39. The number of aryl methyl sites for hydroxylation is 1. The minimum Gasteiger partial charge on any atom is -0.502 e. The number of benzene rings is 1. The Balaban J connectivity index is 1.48. The monoisotopic (exact) mass is 493 g/mol. The summed E-state index contributed by atoms with van der Waals surface area (Å²) in [5.41, 5.74) is -1.68. The molecule has 35 heavy (non-hydrogen) atoms. The van der Waals surface area contributed by atoms with E-state index in [-0.39, 0.29) is 29.7 Å². The fraction of sp³-hybridized carbons (Fsp3) is 0.458. The number of aromatic nitrogens is 1. The van der Waals surface area contributed by atoms with Crippen molar-refractivity contribution in [2.24, 2.45) is 0 Å². The van der Waals surface area contributed by atoms with Crippen LogP contribution in [0.1, 0.15) is 64.9 Å². The molecule has 11 heteroatoms. The summed E-state index contributed by atoms with van der Waals surface area (Å²) >= 11 is 0. The number of alkyl halides is 2. The number of aromatic hydroxyl groups is 1. The standard InChI is InChI=1S/C24H23F4N3O4/c25-14-6-4-13(17(26)9-14)5-7-18(32)16-12-30-20(22(34)21(16)33)23(35)31(15-10-24(27,28)11-15)19-3-1-2-8-29(19)30/h4,6,9,12,15,19,34H,1-3,5,7-8,10-11H2/t19-/m1/s1. The molecule has 7 nitrogen and oxygen atoms in total. The van der Waals surface area contributed by atoms with Crippen LogP contribution in [0.5, 0.6) is 5.75 Å². The van der Waals surface area contributed by atoms with Crippen LogP contribution in [0.25, 0.3) is 0 Å². The first-order valence-electron chi connectivity index (χ1n) is 11.5. The highest BCUT2D eigenvalue weighted by atomic mass is 19.3. The molecular formula is C24H23F4N3O4. The summed E-state index contributed by atoms with van der Waals surface area (Å²) in [6.07, 6.45) is 1.34. The summed E-state index contributed by atoms with van der Waals surface area (Å²) in [6.45, 7) is 0.432. The van der Waals surface area contributed by atoms with E-state index in [0.29, 0.717) is 19.0 Å². The Morgan fingerprint density at radius 3 is 2.57 bits per heavy atom. The van der Waals surface area contributed by atoms with Gasteiger partial charge in [0.1, 0.15) is 17.8 Å². The molecule has 1 saturated heterocycles. The van der Waals surface area contributed by atoms with Crippen molar-refractivity contribution in [3.05, 3.63) is 63.1 Å². The van der Waals surface area contributed by atoms with Gasteiger partial charge in [0.2, 0.25) is 5.43 Å². The Morgan fingerprint density at radius 2 is 1.89 bits per heavy atom. The zero-order valence-corrected chi connectivity index (χ0v) is 18.6. The smallest absolute Gasteiger partial charge is 0.278 e. The van der Waals surface area contributed by atoms with Gasteiger partial charge in [-0.1, -0.05) is 6.07 Å². The molecule has 1 amide bonds. The number of halogens is 4. The average molecular weight is 493 g/mol. The third-order valence-corrected chi connectivity index (χ3v) is 7.04. The number of pyridine rings is 1. The quantitative estimate of drug-likeness (QED) is 0.511. The molecular weight excluding hydrogens is 470 g/mol. The summed E-state index contributed by atoms with van der Waals surface area (Å²) in [6, 6.07) is 2.27. The maximum Gasteiger partial charge on any atom is 0.278 e. The fourth-order valence-electron chi connectivity index (χ4n) is 5.22. The van der Waals surface area contributed by atoms with Gasteiger partial charge in [0.15, 0.2) is 17.2 Å². The second-order valence-corrected chi connectivity index (χ2v) is 9.34. The van der Waals surface area contributed by atoms with E-state index in [9.17, 15) is 37.1 Å². The predicted molar refractivity (Wildman–Crippen MR) is 116 cm³/mol. The van der Waals surface area contributed by atoms with Gasteiger partial charge < -0.3 is 10.0 Å². The van der Waals surface area contributed by atoms with Crippen molar-refractivity contribution < 1.29 is 32.3 Å². The summed E-state index contributed by atoms with van der Waals surface area (Å²) in [7, 11) is 0. The molecule has 1 N–H and O–H groups in total. The third kappa shape index (κ3) is 3.96. The van der Waals surface area contributed by atoms with Gasteiger partial charge in [-0.2, -0.15) is 0 Å². The molecule has 186 valence electrons. The summed E-state index contributed by atoms with van der Waals surface area (Å²) in [5.74, 6) is -6.75. The number of rotatable bonds is 5. The average Bonchev–Trinajstić information content (AvgIpc) is 2.79. The van der Waals surface area contributed by atoms with Crippen LogP contribution >= 0.6 is 0 Å². The van der Waals surface area contributed by atoms with Crippen LogP contribution in [0.3, 0.4) is 0 Å². The van der Waals surface area contributed by atoms with Gasteiger partial charge in [0, 0.05) is 44.1 Å². The minimum atomic E-state index is -2.86. The van der Waals surface area contributed by atoms with Crippen LogP contribution in [0.2, 0.25) is 0 Å². The van der Waals surface area contributed by atoms with Crippen molar-refractivity contribution in [3.63, 3.8) is 0 Å². The second-order valence-electron chi connectivity index (χ2n) is 9.34. The lowest BCUT2D eigenvalue weighted by Crippen LogP contribution is -2.68. The number of hydrogen-bond donors (Lipinski definition) is 1. The highest BCUT2D eigenvalue weighted by molar-refractivity contribution is 6.00. The van der Waals surface area contributed by atoms with Crippen LogP contribution in [0.4, 0.5) is 17.6 Å². The zero-order valence-electron chi connectivity index (χ0n) is 18.6. The molecule has 2 aromatic rings. The Labute approximate surface area is 197 Å². The third-order valence-electron chi connectivity index (χ3n) is 7.04. The summed E-state index contributed by atoms with van der Waals surface area (Å²) in [5, 5.41) is 12.4. The number of carbonyl (C=O) groups excluding carboxylic acids is 2. The first kappa shape index (κ1) is 23.4. The van der Waals surface area contributed by atoms with E-state index in [1.54, 1.807) is 5.01 Å². The van der Waals surface area contributed by atoms with Crippen LogP contribution < -0.4 is 10.4 Å². The molecule has 0 radical (unpaired) electrons. The Morgan fingerprint density at radius 1 is 1.14 bits per heavy atom. The number of Topliss-reactive ketones (excluding diaryl/α,β-unsaturated/α-hetero) is 1. The topological polar surface area (TPSA) is 82.8 Å². The largest absolute Gasteiger partial charge is 0.502 e. The summed E-state index contributed by atoms with van der Waals surface area (Å²) < 4.78 is 55.5. The molecule has 0 spiro atoms. The Hall–Kier alpha value is -3.37. The van der Waals surface area contributed by atoms with E-state index in [4.69, 9.17) is 0 Å². The molecule has 1 atom stereocenters. The van der Waals surface area contributed by atoms with Crippen molar-refractivity contribution in [3.8, 4) is 5.75 Å². The Bertz CT molecular complexity index is 1270. The lowest BCUT2D eigenvalue weighted by Gasteiger charge is -2.54. The SMILES string of the molecule is O=C(CCc1ccc(F)cc1F)c1cn2c(c(O)c1=O)C(=O)N(C1CC(F)(F)C1)[C@@H]1CCCCN12. The van der Waals surface area contributed by atoms with Crippen LogP contribution in [-0.2, 0) is 6.42 Å². The highest BCUT2D eigenvalue weighted by Gasteiger charge is 2.54.